The summed E-state index contributed by atoms with van der Waals surface area (Å²) in [5.41, 5.74) is 0. The van der Waals surface area contributed by atoms with Crippen LogP contribution in [0.1, 0.15) is 6.92 Å². The molecular formula is C8H15N3O3S. The lowest BCUT2D eigenvalue weighted by atomic mass is 10.7. The second kappa shape index (κ2) is 5.24. The van der Waals surface area contributed by atoms with Gasteiger partial charge in [-0.05, 0) is 6.92 Å². The second-order valence-electron chi connectivity index (χ2n) is 2.93. The summed E-state index contributed by atoms with van der Waals surface area (Å²) in [7, 11) is -1.97. The zero-order valence-corrected chi connectivity index (χ0v) is 9.62. The molecule has 86 valence electrons. The summed E-state index contributed by atoms with van der Waals surface area (Å²) < 4.78 is 32.0. The molecule has 15 heavy (non-hydrogen) atoms. The fourth-order valence-electron chi connectivity index (χ4n) is 1.00. The van der Waals surface area contributed by atoms with E-state index in [4.69, 9.17) is 4.74 Å². The molecule has 0 amide bonds. The molecule has 0 atom stereocenters. The van der Waals surface area contributed by atoms with Crippen LogP contribution in [0.2, 0.25) is 0 Å². The number of nitrogens with zero attached hydrogens (tertiary/aromatic N) is 2. The Bertz CT molecular complexity index is 399. The fraction of sp³-hybridized carbons (Fsp3) is 0.625. The standard InChI is InChI=1S/C8H15N3O3S/c1-3-11-6-8(9-7-11)15(12,13)10-4-5-14-2/h6-7,10H,3-5H2,1-2H3. The van der Waals surface area contributed by atoms with E-state index in [1.807, 2.05) is 6.92 Å². The van der Waals surface area contributed by atoms with Crippen molar-refractivity contribution in [1.29, 1.82) is 0 Å². The third-order valence-corrected chi connectivity index (χ3v) is 3.19. The molecule has 0 aromatic carbocycles. The monoisotopic (exact) mass is 233 g/mol. The van der Waals surface area contributed by atoms with Gasteiger partial charge in [0, 0.05) is 26.4 Å². The maximum atomic E-state index is 11.6. The van der Waals surface area contributed by atoms with Crippen molar-refractivity contribution in [3.05, 3.63) is 12.5 Å². The van der Waals surface area contributed by atoms with Gasteiger partial charge in [0.05, 0.1) is 12.9 Å². The summed E-state index contributed by atoms with van der Waals surface area (Å²) in [5, 5.41) is 0.0421. The van der Waals surface area contributed by atoms with Gasteiger partial charge in [-0.2, -0.15) is 0 Å². The van der Waals surface area contributed by atoms with Gasteiger partial charge >= 0.3 is 0 Å². The zero-order valence-electron chi connectivity index (χ0n) is 8.80. The normalized spacial score (nSPS) is 11.9. The molecule has 0 aliphatic carbocycles. The first kappa shape index (κ1) is 12.2. The van der Waals surface area contributed by atoms with Crippen molar-refractivity contribution in [3.8, 4) is 0 Å². The van der Waals surface area contributed by atoms with Gasteiger partial charge in [-0.15, -0.1) is 0 Å². The summed E-state index contributed by atoms with van der Waals surface area (Å²) in [6, 6.07) is 0. The number of hydrogen-bond donors (Lipinski definition) is 1. The number of methoxy groups -OCH3 is 1. The Balaban J connectivity index is 2.68. The van der Waals surface area contributed by atoms with Gasteiger partial charge in [0.15, 0.2) is 5.03 Å². The summed E-state index contributed by atoms with van der Waals surface area (Å²) in [6.07, 6.45) is 2.99. The van der Waals surface area contributed by atoms with Gasteiger partial charge in [-0.25, -0.2) is 18.1 Å². The maximum absolute atomic E-state index is 11.6. The van der Waals surface area contributed by atoms with E-state index >= 15 is 0 Å². The first-order valence-corrected chi connectivity index (χ1v) is 6.09. The highest BCUT2D eigenvalue weighted by Crippen LogP contribution is 2.04. The summed E-state index contributed by atoms with van der Waals surface area (Å²) in [6.45, 7) is 3.20. The second-order valence-corrected chi connectivity index (χ2v) is 4.65. The van der Waals surface area contributed by atoms with E-state index in [1.54, 1.807) is 4.57 Å². The van der Waals surface area contributed by atoms with Crippen LogP contribution in [0, 0.1) is 0 Å². The van der Waals surface area contributed by atoms with E-state index in [1.165, 1.54) is 19.6 Å². The Kier molecular flexibility index (Phi) is 4.25. The Morgan fingerprint density at radius 2 is 2.33 bits per heavy atom. The number of rotatable bonds is 6. The van der Waals surface area contributed by atoms with Crippen LogP contribution in [0.4, 0.5) is 0 Å². The number of aromatic nitrogens is 2. The van der Waals surface area contributed by atoms with Gasteiger partial charge in [-0.1, -0.05) is 0 Å². The number of aryl methyl sites for hydroxylation is 1. The molecular weight excluding hydrogens is 218 g/mol. The Morgan fingerprint density at radius 3 is 2.87 bits per heavy atom. The highest BCUT2D eigenvalue weighted by molar-refractivity contribution is 7.89. The van der Waals surface area contributed by atoms with Gasteiger partial charge in [0.25, 0.3) is 10.0 Å². The van der Waals surface area contributed by atoms with E-state index in [9.17, 15) is 8.42 Å². The number of sulfonamides is 1. The molecule has 1 rings (SSSR count). The molecule has 7 heteroatoms. The number of hydrogen-bond acceptors (Lipinski definition) is 4. The van der Waals surface area contributed by atoms with Crippen molar-refractivity contribution in [3.63, 3.8) is 0 Å². The van der Waals surface area contributed by atoms with Gasteiger partial charge < -0.3 is 9.30 Å². The maximum Gasteiger partial charge on any atom is 0.259 e. The summed E-state index contributed by atoms with van der Waals surface area (Å²) in [5.74, 6) is 0. The van der Waals surface area contributed by atoms with Crippen LogP contribution in [-0.4, -0.2) is 38.2 Å². The van der Waals surface area contributed by atoms with E-state index in [2.05, 4.69) is 9.71 Å². The van der Waals surface area contributed by atoms with E-state index in [-0.39, 0.29) is 11.6 Å². The molecule has 0 bridgehead atoms. The number of nitrogens with one attached hydrogen (secondary N) is 1. The third kappa shape index (κ3) is 3.29. The molecule has 0 unspecified atom stereocenters. The minimum Gasteiger partial charge on any atom is -0.383 e. The van der Waals surface area contributed by atoms with Crippen LogP contribution in [-0.2, 0) is 21.3 Å². The first-order chi connectivity index (χ1) is 7.10. The minimum atomic E-state index is -3.48. The van der Waals surface area contributed by atoms with Crippen molar-refractivity contribution in [2.45, 2.75) is 18.5 Å². The molecule has 0 saturated carbocycles. The molecule has 1 aromatic rings. The Morgan fingerprint density at radius 1 is 1.60 bits per heavy atom. The topological polar surface area (TPSA) is 73.2 Å². The van der Waals surface area contributed by atoms with Crippen LogP contribution in [0.15, 0.2) is 17.6 Å². The molecule has 0 spiro atoms. The SMILES string of the molecule is CCn1cnc(S(=O)(=O)NCCOC)c1. The Hall–Kier alpha value is -0.920. The average molecular weight is 233 g/mol. The van der Waals surface area contributed by atoms with Crippen molar-refractivity contribution in [2.75, 3.05) is 20.3 Å². The van der Waals surface area contributed by atoms with Gasteiger partial charge in [-0.3, -0.25) is 0 Å². The molecule has 0 saturated heterocycles. The van der Waals surface area contributed by atoms with Crippen LogP contribution in [0.3, 0.4) is 0 Å². The summed E-state index contributed by atoms with van der Waals surface area (Å²) >= 11 is 0. The average Bonchev–Trinajstić information content (AvgIpc) is 2.66. The predicted octanol–water partition coefficient (Wildman–Crippen LogP) is -0.172. The lowest BCUT2D eigenvalue weighted by Crippen LogP contribution is -2.27. The predicted molar refractivity (Wildman–Crippen MR) is 55.0 cm³/mol. The Labute approximate surface area is 89.3 Å². The van der Waals surface area contributed by atoms with Crippen molar-refractivity contribution < 1.29 is 13.2 Å². The quantitative estimate of drug-likeness (QED) is 0.692. The smallest absolute Gasteiger partial charge is 0.259 e. The van der Waals surface area contributed by atoms with Gasteiger partial charge in [0.1, 0.15) is 0 Å². The van der Waals surface area contributed by atoms with Gasteiger partial charge in [0.2, 0.25) is 0 Å². The fourth-order valence-corrected chi connectivity index (χ4v) is 1.96. The summed E-state index contributed by atoms with van der Waals surface area (Å²) in [4.78, 5) is 3.81. The number of ether oxygens (including phenoxy) is 1. The molecule has 0 aliphatic rings. The van der Waals surface area contributed by atoms with Crippen molar-refractivity contribution in [2.24, 2.45) is 0 Å². The minimum absolute atomic E-state index is 0.0421. The molecule has 6 nitrogen and oxygen atoms in total. The van der Waals surface area contributed by atoms with Crippen molar-refractivity contribution in [1.82, 2.24) is 14.3 Å². The lowest BCUT2D eigenvalue weighted by Gasteiger charge is -2.02. The largest absolute Gasteiger partial charge is 0.383 e. The lowest BCUT2D eigenvalue weighted by molar-refractivity contribution is 0.204. The van der Waals surface area contributed by atoms with E-state index < -0.39 is 10.0 Å². The molecule has 1 heterocycles. The number of imidazole rings is 1. The van der Waals surface area contributed by atoms with Crippen molar-refractivity contribution >= 4 is 10.0 Å². The van der Waals surface area contributed by atoms with Crippen LogP contribution in [0.5, 0.6) is 0 Å². The highest BCUT2D eigenvalue weighted by atomic mass is 32.2. The molecule has 1 aromatic heterocycles. The highest BCUT2D eigenvalue weighted by Gasteiger charge is 2.15. The molecule has 0 aliphatic heterocycles. The van der Waals surface area contributed by atoms with Crippen LogP contribution in [0.25, 0.3) is 0 Å². The van der Waals surface area contributed by atoms with E-state index in [0.717, 1.165) is 0 Å². The first-order valence-electron chi connectivity index (χ1n) is 4.60. The molecule has 0 fully saturated rings. The van der Waals surface area contributed by atoms with Crippen LogP contribution >= 0.6 is 0 Å². The zero-order chi connectivity index (χ0) is 11.3. The third-order valence-electron chi connectivity index (χ3n) is 1.85. The van der Waals surface area contributed by atoms with E-state index in [0.29, 0.717) is 13.2 Å². The molecule has 0 radical (unpaired) electrons. The molecule has 1 N–H and O–H groups in total. The van der Waals surface area contributed by atoms with Crippen LogP contribution < -0.4 is 4.72 Å².